The Morgan fingerprint density at radius 1 is 1.36 bits per heavy atom. The van der Waals surface area contributed by atoms with Crippen molar-refractivity contribution in [3.63, 3.8) is 0 Å². The van der Waals surface area contributed by atoms with Crippen LogP contribution in [0.3, 0.4) is 0 Å². The van der Waals surface area contributed by atoms with Crippen molar-refractivity contribution in [2.75, 3.05) is 7.11 Å². The van der Waals surface area contributed by atoms with E-state index in [2.05, 4.69) is 8.37 Å². The van der Waals surface area contributed by atoms with E-state index < -0.39 is 10.4 Å². The molecule has 1 aromatic rings. The molecule has 0 aromatic heterocycles. The Labute approximate surface area is 82.8 Å². The minimum absolute atomic E-state index is 0.192. The number of benzene rings is 1. The first-order valence-corrected chi connectivity index (χ1v) is 5.20. The van der Waals surface area contributed by atoms with Crippen LogP contribution in [0.2, 0.25) is 0 Å². The average Bonchev–Trinajstić information content (AvgIpc) is 2.18. The van der Waals surface area contributed by atoms with Gasteiger partial charge >= 0.3 is 10.4 Å². The molecular weight excluding hydrogens is 206 g/mol. The number of hydrogen-bond acceptors (Lipinski definition) is 5. The van der Waals surface area contributed by atoms with Crippen molar-refractivity contribution in [2.24, 2.45) is 5.73 Å². The molecule has 0 fully saturated rings. The van der Waals surface area contributed by atoms with E-state index in [-0.39, 0.29) is 12.3 Å². The van der Waals surface area contributed by atoms with E-state index in [4.69, 9.17) is 5.73 Å². The van der Waals surface area contributed by atoms with Crippen molar-refractivity contribution >= 4 is 10.4 Å². The van der Waals surface area contributed by atoms with E-state index in [1.165, 1.54) is 6.07 Å². The van der Waals surface area contributed by atoms with Gasteiger partial charge in [-0.05, 0) is 6.07 Å². The van der Waals surface area contributed by atoms with Crippen LogP contribution in [-0.2, 0) is 21.1 Å². The molecule has 0 aliphatic heterocycles. The van der Waals surface area contributed by atoms with Gasteiger partial charge < -0.3 is 9.92 Å². The van der Waals surface area contributed by atoms with Crippen LogP contribution in [0.5, 0.6) is 5.75 Å². The fraction of sp³-hybridized carbons (Fsp3) is 0.250. The van der Waals surface area contributed by atoms with Crippen LogP contribution in [0.1, 0.15) is 5.56 Å². The third-order valence-electron chi connectivity index (χ3n) is 1.59. The molecule has 0 unspecified atom stereocenters. The molecule has 0 saturated carbocycles. The van der Waals surface area contributed by atoms with Crippen molar-refractivity contribution < 1.29 is 16.8 Å². The van der Waals surface area contributed by atoms with Gasteiger partial charge in [0.15, 0.2) is 0 Å². The summed E-state index contributed by atoms with van der Waals surface area (Å²) >= 11 is 0. The third kappa shape index (κ3) is 2.69. The Kier molecular flexibility index (Phi) is 3.45. The number of para-hydroxylation sites is 1. The van der Waals surface area contributed by atoms with E-state index in [0.717, 1.165) is 7.11 Å². The molecule has 0 heterocycles. The maximum Gasteiger partial charge on any atom is 0.448 e. The number of hydrogen-bond donors (Lipinski definition) is 1. The lowest BCUT2D eigenvalue weighted by Crippen LogP contribution is -2.12. The second-order valence-corrected chi connectivity index (χ2v) is 3.79. The summed E-state index contributed by atoms with van der Waals surface area (Å²) in [6, 6.07) is 6.59. The van der Waals surface area contributed by atoms with Crippen LogP contribution in [0.15, 0.2) is 24.3 Å². The lowest BCUT2D eigenvalue weighted by molar-refractivity contribution is 0.329. The summed E-state index contributed by atoms with van der Waals surface area (Å²) in [7, 11) is -2.93. The summed E-state index contributed by atoms with van der Waals surface area (Å²) in [5.41, 5.74) is 6.00. The Bertz CT molecular complexity index is 402. The zero-order valence-corrected chi connectivity index (χ0v) is 8.45. The topological polar surface area (TPSA) is 78.6 Å². The molecule has 14 heavy (non-hydrogen) atoms. The SMILES string of the molecule is COS(=O)(=O)Oc1ccccc1CN. The van der Waals surface area contributed by atoms with Crippen molar-refractivity contribution in [1.82, 2.24) is 0 Å². The first-order chi connectivity index (χ1) is 6.59. The number of rotatable bonds is 4. The molecule has 0 amide bonds. The minimum Gasteiger partial charge on any atom is -0.361 e. The summed E-state index contributed by atoms with van der Waals surface area (Å²) in [6.45, 7) is 0.204. The molecule has 0 spiro atoms. The summed E-state index contributed by atoms with van der Waals surface area (Å²) < 4.78 is 30.7. The second-order valence-electron chi connectivity index (χ2n) is 2.47. The lowest BCUT2D eigenvalue weighted by Gasteiger charge is -2.07. The Balaban J connectivity index is 2.97. The zero-order chi connectivity index (χ0) is 10.6. The summed E-state index contributed by atoms with van der Waals surface area (Å²) in [4.78, 5) is 0. The Hall–Kier alpha value is -1.11. The first-order valence-electron chi connectivity index (χ1n) is 3.87. The summed E-state index contributed by atoms with van der Waals surface area (Å²) in [5.74, 6) is 0.192. The summed E-state index contributed by atoms with van der Waals surface area (Å²) in [5, 5.41) is 0. The third-order valence-corrected chi connectivity index (χ3v) is 2.38. The van der Waals surface area contributed by atoms with Crippen LogP contribution in [0.25, 0.3) is 0 Å². The molecule has 0 atom stereocenters. The fourth-order valence-corrected chi connectivity index (χ4v) is 1.35. The van der Waals surface area contributed by atoms with Gasteiger partial charge in [-0.2, -0.15) is 8.42 Å². The van der Waals surface area contributed by atoms with E-state index >= 15 is 0 Å². The number of nitrogens with two attached hydrogens (primary N) is 1. The molecule has 0 aliphatic carbocycles. The van der Waals surface area contributed by atoms with Gasteiger partial charge in [-0.3, -0.25) is 0 Å². The highest BCUT2D eigenvalue weighted by Crippen LogP contribution is 2.19. The molecule has 5 nitrogen and oxygen atoms in total. The highest BCUT2D eigenvalue weighted by molar-refractivity contribution is 7.82. The van der Waals surface area contributed by atoms with E-state index in [1.54, 1.807) is 18.2 Å². The van der Waals surface area contributed by atoms with Crippen molar-refractivity contribution in [3.8, 4) is 5.75 Å². The normalized spacial score (nSPS) is 11.3. The van der Waals surface area contributed by atoms with E-state index in [1.807, 2.05) is 0 Å². The monoisotopic (exact) mass is 217 g/mol. The van der Waals surface area contributed by atoms with Crippen LogP contribution in [0, 0.1) is 0 Å². The predicted molar refractivity (Wildman–Crippen MR) is 50.9 cm³/mol. The molecule has 6 heteroatoms. The maximum absolute atomic E-state index is 11.0. The van der Waals surface area contributed by atoms with Crippen LogP contribution in [0.4, 0.5) is 0 Å². The average molecular weight is 217 g/mol. The molecule has 0 bridgehead atoms. The van der Waals surface area contributed by atoms with Gasteiger partial charge in [0.05, 0.1) is 7.11 Å². The fourth-order valence-electron chi connectivity index (χ4n) is 0.898. The minimum atomic E-state index is -3.96. The van der Waals surface area contributed by atoms with Crippen LogP contribution >= 0.6 is 0 Å². The molecule has 2 N–H and O–H groups in total. The second kappa shape index (κ2) is 4.41. The molecular formula is C8H11NO4S. The largest absolute Gasteiger partial charge is 0.448 e. The highest BCUT2D eigenvalue weighted by atomic mass is 32.3. The molecule has 0 aliphatic rings. The smallest absolute Gasteiger partial charge is 0.361 e. The highest BCUT2D eigenvalue weighted by Gasteiger charge is 2.12. The van der Waals surface area contributed by atoms with Crippen molar-refractivity contribution in [3.05, 3.63) is 29.8 Å². The molecule has 1 aromatic carbocycles. The molecule has 1 rings (SSSR count). The summed E-state index contributed by atoms with van der Waals surface area (Å²) in [6.07, 6.45) is 0. The molecule has 0 radical (unpaired) electrons. The first kappa shape index (κ1) is 11.0. The Morgan fingerprint density at radius 3 is 2.57 bits per heavy atom. The van der Waals surface area contributed by atoms with Crippen molar-refractivity contribution in [2.45, 2.75) is 6.54 Å². The zero-order valence-electron chi connectivity index (χ0n) is 7.64. The van der Waals surface area contributed by atoms with Crippen molar-refractivity contribution in [1.29, 1.82) is 0 Å². The van der Waals surface area contributed by atoms with Gasteiger partial charge in [0.25, 0.3) is 0 Å². The Morgan fingerprint density at radius 2 is 2.00 bits per heavy atom. The van der Waals surface area contributed by atoms with E-state index in [0.29, 0.717) is 5.56 Å². The van der Waals surface area contributed by atoms with Gasteiger partial charge in [0.1, 0.15) is 5.75 Å². The standard InChI is InChI=1S/C8H11NO4S/c1-12-14(10,11)13-8-5-3-2-4-7(8)6-9/h2-5H,6,9H2,1H3. The molecule has 78 valence electrons. The van der Waals surface area contributed by atoms with Crippen LogP contribution in [-0.4, -0.2) is 15.5 Å². The maximum atomic E-state index is 11.0. The van der Waals surface area contributed by atoms with E-state index in [9.17, 15) is 8.42 Å². The predicted octanol–water partition coefficient (Wildman–Crippen LogP) is 0.415. The molecule has 0 saturated heterocycles. The van der Waals surface area contributed by atoms with Gasteiger partial charge in [0, 0.05) is 12.1 Å². The van der Waals surface area contributed by atoms with Crippen LogP contribution < -0.4 is 9.92 Å². The van der Waals surface area contributed by atoms with Gasteiger partial charge in [-0.25, -0.2) is 4.18 Å². The lowest BCUT2D eigenvalue weighted by atomic mass is 10.2. The van der Waals surface area contributed by atoms with Gasteiger partial charge in [-0.1, -0.05) is 18.2 Å². The quantitative estimate of drug-likeness (QED) is 0.790. The van der Waals surface area contributed by atoms with Gasteiger partial charge in [0.2, 0.25) is 0 Å². The van der Waals surface area contributed by atoms with Gasteiger partial charge in [-0.15, -0.1) is 0 Å².